The molecule has 0 saturated carbocycles. The average Bonchev–Trinajstić information content (AvgIpc) is 2.10. The first-order chi connectivity index (χ1) is 4.24. The lowest BCUT2D eigenvalue weighted by atomic mass is 10.2. The summed E-state index contributed by atoms with van der Waals surface area (Å²) in [5, 5.41) is 0.530. The van der Waals surface area contributed by atoms with Gasteiger partial charge in [0.2, 0.25) is 0 Å². The van der Waals surface area contributed by atoms with Crippen LogP contribution in [0.3, 0.4) is 0 Å². The monoisotopic (exact) mass is 159 g/mol. The van der Waals surface area contributed by atoms with Crippen molar-refractivity contribution in [2.45, 2.75) is 25.5 Å². The van der Waals surface area contributed by atoms with E-state index in [2.05, 4.69) is 18.8 Å². The molecule has 1 aliphatic rings. The van der Waals surface area contributed by atoms with Crippen LogP contribution in [0.1, 0.15) is 20.3 Å². The third-order valence-electron chi connectivity index (χ3n) is 1.34. The molecule has 1 aliphatic heterocycles. The zero-order valence-electron chi connectivity index (χ0n) is 5.55. The van der Waals surface area contributed by atoms with Crippen molar-refractivity contribution in [1.29, 1.82) is 0 Å². The Balaban J connectivity index is 2.68. The molecule has 0 radical (unpaired) electrons. The van der Waals surface area contributed by atoms with E-state index in [9.17, 15) is 0 Å². The summed E-state index contributed by atoms with van der Waals surface area (Å²) in [5.41, 5.74) is 1.24. The number of rotatable bonds is 1. The van der Waals surface area contributed by atoms with Gasteiger partial charge in [0.15, 0.2) is 4.32 Å². The summed E-state index contributed by atoms with van der Waals surface area (Å²) in [4.78, 5) is 4.20. The SMILES string of the molecule is CCC1=NC(=S)SC1C. The lowest BCUT2D eigenvalue weighted by molar-refractivity contribution is 1.19. The Morgan fingerprint density at radius 1 is 1.78 bits per heavy atom. The summed E-state index contributed by atoms with van der Waals surface area (Å²) in [6, 6.07) is 0. The third kappa shape index (κ3) is 1.52. The predicted molar refractivity (Wildman–Crippen MR) is 47.4 cm³/mol. The molecule has 1 atom stereocenters. The molecular weight excluding hydrogens is 150 g/mol. The molecular formula is C6H9NS2. The highest BCUT2D eigenvalue weighted by atomic mass is 32.2. The zero-order valence-corrected chi connectivity index (χ0v) is 7.18. The van der Waals surface area contributed by atoms with Crippen molar-refractivity contribution in [3.05, 3.63) is 0 Å². The van der Waals surface area contributed by atoms with Gasteiger partial charge in [0.1, 0.15) is 0 Å². The van der Waals surface area contributed by atoms with Gasteiger partial charge in [-0.2, -0.15) is 0 Å². The van der Waals surface area contributed by atoms with E-state index < -0.39 is 0 Å². The van der Waals surface area contributed by atoms with Crippen molar-refractivity contribution >= 4 is 34.0 Å². The molecule has 3 heteroatoms. The molecule has 0 aromatic carbocycles. The molecule has 0 bridgehead atoms. The highest BCUT2D eigenvalue weighted by molar-refractivity contribution is 8.24. The van der Waals surface area contributed by atoms with Crippen molar-refractivity contribution in [2.24, 2.45) is 4.99 Å². The summed E-state index contributed by atoms with van der Waals surface area (Å²) < 4.78 is 0.805. The summed E-state index contributed by atoms with van der Waals surface area (Å²) in [7, 11) is 0. The maximum absolute atomic E-state index is 4.91. The van der Waals surface area contributed by atoms with Gasteiger partial charge in [-0.25, -0.2) is 4.99 Å². The molecule has 0 aliphatic carbocycles. The van der Waals surface area contributed by atoms with Crippen LogP contribution in [0.4, 0.5) is 0 Å². The summed E-state index contributed by atoms with van der Waals surface area (Å²) in [6.07, 6.45) is 1.04. The lowest BCUT2D eigenvalue weighted by Gasteiger charge is -1.98. The first-order valence-electron chi connectivity index (χ1n) is 3.02. The van der Waals surface area contributed by atoms with Crippen molar-refractivity contribution in [3.63, 3.8) is 0 Å². The fraction of sp³-hybridized carbons (Fsp3) is 0.667. The Bertz CT molecular complexity index is 162. The van der Waals surface area contributed by atoms with Crippen LogP contribution in [0.15, 0.2) is 4.99 Å². The van der Waals surface area contributed by atoms with Crippen LogP contribution in [-0.2, 0) is 0 Å². The molecule has 0 aromatic rings. The minimum Gasteiger partial charge on any atom is -0.238 e. The number of hydrogen-bond donors (Lipinski definition) is 0. The topological polar surface area (TPSA) is 12.4 Å². The molecule has 0 N–H and O–H groups in total. The van der Waals surface area contributed by atoms with Gasteiger partial charge in [-0.3, -0.25) is 0 Å². The summed E-state index contributed by atoms with van der Waals surface area (Å²) >= 11 is 6.60. The van der Waals surface area contributed by atoms with Crippen LogP contribution in [0.5, 0.6) is 0 Å². The second kappa shape index (κ2) is 2.80. The number of nitrogens with zero attached hydrogens (tertiary/aromatic N) is 1. The van der Waals surface area contributed by atoms with E-state index in [1.165, 1.54) is 5.71 Å². The molecule has 0 aromatic heterocycles. The second-order valence-corrected chi connectivity index (χ2v) is 3.96. The summed E-state index contributed by atoms with van der Waals surface area (Å²) in [6.45, 7) is 4.26. The maximum atomic E-state index is 4.91. The lowest BCUT2D eigenvalue weighted by Crippen LogP contribution is -2.05. The van der Waals surface area contributed by atoms with E-state index in [1.54, 1.807) is 11.8 Å². The molecule has 0 saturated heterocycles. The van der Waals surface area contributed by atoms with Gasteiger partial charge in [-0.1, -0.05) is 30.9 Å². The van der Waals surface area contributed by atoms with E-state index >= 15 is 0 Å². The molecule has 50 valence electrons. The highest BCUT2D eigenvalue weighted by Gasteiger charge is 2.18. The van der Waals surface area contributed by atoms with Crippen LogP contribution >= 0.6 is 24.0 Å². The Hall–Kier alpha value is 0.110. The van der Waals surface area contributed by atoms with Gasteiger partial charge >= 0.3 is 0 Å². The van der Waals surface area contributed by atoms with Gasteiger partial charge in [-0.15, -0.1) is 0 Å². The van der Waals surface area contributed by atoms with Crippen molar-refractivity contribution in [3.8, 4) is 0 Å². The predicted octanol–water partition coefficient (Wildman–Crippen LogP) is 2.26. The van der Waals surface area contributed by atoms with Crippen LogP contribution in [-0.4, -0.2) is 15.3 Å². The molecule has 9 heavy (non-hydrogen) atoms. The van der Waals surface area contributed by atoms with Crippen molar-refractivity contribution in [2.75, 3.05) is 0 Å². The Kier molecular flexibility index (Phi) is 2.24. The van der Waals surface area contributed by atoms with Gasteiger partial charge in [0.05, 0.1) is 0 Å². The minimum absolute atomic E-state index is 0.530. The van der Waals surface area contributed by atoms with Gasteiger partial charge in [-0.05, 0) is 13.3 Å². The number of thiocarbonyl (C=S) groups is 1. The molecule has 1 rings (SSSR count). The van der Waals surface area contributed by atoms with Crippen LogP contribution in [0, 0.1) is 0 Å². The number of aliphatic imine (C=N–C) groups is 1. The largest absolute Gasteiger partial charge is 0.238 e. The van der Waals surface area contributed by atoms with Crippen LogP contribution < -0.4 is 0 Å². The Morgan fingerprint density at radius 2 is 2.44 bits per heavy atom. The van der Waals surface area contributed by atoms with E-state index in [0.29, 0.717) is 5.25 Å². The second-order valence-electron chi connectivity index (χ2n) is 1.98. The molecule has 0 fully saturated rings. The van der Waals surface area contributed by atoms with Gasteiger partial charge in [0.25, 0.3) is 0 Å². The fourth-order valence-electron chi connectivity index (χ4n) is 0.820. The third-order valence-corrected chi connectivity index (χ3v) is 2.64. The quantitative estimate of drug-likeness (QED) is 0.544. The van der Waals surface area contributed by atoms with E-state index in [4.69, 9.17) is 12.2 Å². The van der Waals surface area contributed by atoms with Gasteiger partial charge < -0.3 is 0 Å². The Labute approximate surface area is 64.9 Å². The number of thioether (sulfide) groups is 1. The molecule has 0 amide bonds. The Morgan fingerprint density at radius 3 is 2.67 bits per heavy atom. The standard InChI is InChI=1S/C6H9NS2/c1-3-5-4(2)9-6(8)7-5/h4H,3H2,1-2H3. The fourth-order valence-corrected chi connectivity index (χ4v) is 2.20. The maximum Gasteiger partial charge on any atom is 0.160 e. The van der Waals surface area contributed by atoms with E-state index in [0.717, 1.165) is 10.7 Å². The number of hydrogen-bond acceptors (Lipinski definition) is 2. The van der Waals surface area contributed by atoms with Crippen molar-refractivity contribution < 1.29 is 0 Å². The zero-order chi connectivity index (χ0) is 6.85. The van der Waals surface area contributed by atoms with Crippen LogP contribution in [0.2, 0.25) is 0 Å². The van der Waals surface area contributed by atoms with E-state index in [1.807, 2.05) is 0 Å². The summed E-state index contributed by atoms with van der Waals surface area (Å²) in [5.74, 6) is 0. The van der Waals surface area contributed by atoms with E-state index in [-0.39, 0.29) is 0 Å². The van der Waals surface area contributed by atoms with Gasteiger partial charge in [0, 0.05) is 11.0 Å². The smallest absolute Gasteiger partial charge is 0.160 e. The normalized spacial score (nSPS) is 26.7. The minimum atomic E-state index is 0.530. The molecule has 0 spiro atoms. The first-order valence-corrected chi connectivity index (χ1v) is 4.31. The van der Waals surface area contributed by atoms with Crippen LogP contribution in [0.25, 0.3) is 0 Å². The molecule has 1 heterocycles. The highest BCUT2D eigenvalue weighted by Crippen LogP contribution is 2.23. The average molecular weight is 159 g/mol. The first kappa shape index (κ1) is 7.22. The van der Waals surface area contributed by atoms with Crippen molar-refractivity contribution in [1.82, 2.24) is 0 Å². The molecule has 1 unspecified atom stereocenters. The molecule has 1 nitrogen and oxygen atoms in total.